The normalized spacial score (nSPS) is 14.2. The summed E-state index contributed by atoms with van der Waals surface area (Å²) in [7, 11) is -3.67. The van der Waals surface area contributed by atoms with Gasteiger partial charge in [0, 0.05) is 21.6 Å². The number of halogens is 2. The van der Waals surface area contributed by atoms with E-state index < -0.39 is 10.0 Å². The van der Waals surface area contributed by atoms with E-state index in [1.165, 1.54) is 0 Å². The molecule has 1 atom stereocenters. The standard InChI is InChI=1S/C14H21Br2NO3S/c1-9-7-11(16)12(8-10(9)15)21(19,20)17-13(5-6-18)14(2,3)4/h7-8,13,17-18H,5-6H2,1-4H3. The lowest BCUT2D eigenvalue weighted by Gasteiger charge is -2.31. The number of aliphatic hydroxyl groups is 1. The summed E-state index contributed by atoms with van der Waals surface area (Å²) in [5, 5.41) is 9.15. The lowest BCUT2D eigenvalue weighted by atomic mass is 9.86. The lowest BCUT2D eigenvalue weighted by molar-refractivity contribution is 0.214. The van der Waals surface area contributed by atoms with E-state index in [4.69, 9.17) is 5.11 Å². The van der Waals surface area contributed by atoms with Crippen LogP contribution in [0.1, 0.15) is 32.8 Å². The van der Waals surface area contributed by atoms with Crippen LogP contribution in [0.2, 0.25) is 0 Å². The van der Waals surface area contributed by atoms with Crippen molar-refractivity contribution in [2.24, 2.45) is 5.41 Å². The van der Waals surface area contributed by atoms with Crippen LogP contribution in [0.25, 0.3) is 0 Å². The van der Waals surface area contributed by atoms with Crippen LogP contribution in [0.5, 0.6) is 0 Å². The fourth-order valence-electron chi connectivity index (χ4n) is 1.88. The second kappa shape index (κ2) is 7.08. The van der Waals surface area contributed by atoms with Crippen LogP contribution in [0.3, 0.4) is 0 Å². The summed E-state index contributed by atoms with van der Waals surface area (Å²) in [6, 6.07) is 3.00. The number of benzene rings is 1. The van der Waals surface area contributed by atoms with Gasteiger partial charge in [0.25, 0.3) is 0 Å². The molecule has 0 fully saturated rings. The van der Waals surface area contributed by atoms with Gasteiger partial charge in [-0.1, -0.05) is 36.7 Å². The van der Waals surface area contributed by atoms with Crippen molar-refractivity contribution in [1.29, 1.82) is 0 Å². The highest BCUT2D eigenvalue weighted by molar-refractivity contribution is 9.11. The molecule has 0 aliphatic heterocycles. The van der Waals surface area contributed by atoms with Gasteiger partial charge >= 0.3 is 0 Å². The predicted octanol–water partition coefficient (Wildman–Crippen LogP) is 3.60. The van der Waals surface area contributed by atoms with Gasteiger partial charge in [-0.15, -0.1) is 0 Å². The number of aliphatic hydroxyl groups excluding tert-OH is 1. The van der Waals surface area contributed by atoms with Gasteiger partial charge in [0.15, 0.2) is 0 Å². The molecule has 21 heavy (non-hydrogen) atoms. The summed E-state index contributed by atoms with van der Waals surface area (Å²) in [6.07, 6.45) is 0.368. The Morgan fingerprint density at radius 1 is 1.24 bits per heavy atom. The zero-order chi connectivity index (χ0) is 16.4. The van der Waals surface area contributed by atoms with Gasteiger partial charge in [-0.3, -0.25) is 0 Å². The summed E-state index contributed by atoms with van der Waals surface area (Å²) in [5.74, 6) is 0. The van der Waals surface area contributed by atoms with E-state index >= 15 is 0 Å². The molecule has 0 saturated carbocycles. The number of nitrogens with one attached hydrogen (secondary N) is 1. The van der Waals surface area contributed by atoms with Crippen molar-refractivity contribution in [2.45, 2.75) is 45.1 Å². The van der Waals surface area contributed by atoms with Gasteiger partial charge in [-0.2, -0.15) is 0 Å². The Morgan fingerprint density at radius 2 is 1.81 bits per heavy atom. The Hall–Kier alpha value is 0.0500. The lowest BCUT2D eigenvalue weighted by Crippen LogP contribution is -2.44. The maximum absolute atomic E-state index is 12.6. The first kappa shape index (κ1) is 19.1. The molecule has 0 heterocycles. The van der Waals surface area contributed by atoms with Crippen molar-refractivity contribution < 1.29 is 13.5 Å². The highest BCUT2D eigenvalue weighted by Crippen LogP contribution is 2.30. The van der Waals surface area contributed by atoms with Crippen LogP contribution in [-0.4, -0.2) is 26.2 Å². The average Bonchev–Trinajstić information content (AvgIpc) is 2.31. The summed E-state index contributed by atoms with van der Waals surface area (Å²) in [5.41, 5.74) is 0.660. The van der Waals surface area contributed by atoms with Crippen LogP contribution < -0.4 is 4.72 Å². The van der Waals surface area contributed by atoms with E-state index in [9.17, 15) is 8.42 Å². The highest BCUT2D eigenvalue weighted by atomic mass is 79.9. The second-order valence-electron chi connectivity index (χ2n) is 6.08. The molecule has 1 aromatic rings. The molecule has 2 N–H and O–H groups in total. The molecule has 1 aromatic carbocycles. The SMILES string of the molecule is Cc1cc(Br)c(S(=O)(=O)NC(CCO)C(C)(C)C)cc1Br. The van der Waals surface area contributed by atoms with Crippen molar-refractivity contribution in [1.82, 2.24) is 4.72 Å². The van der Waals surface area contributed by atoms with Gasteiger partial charge in [0.2, 0.25) is 10.0 Å². The summed E-state index contributed by atoms with van der Waals surface area (Å²) >= 11 is 6.66. The molecular formula is C14H21Br2NO3S. The number of hydrogen-bond donors (Lipinski definition) is 2. The van der Waals surface area contributed by atoms with Crippen molar-refractivity contribution in [3.63, 3.8) is 0 Å². The number of sulfonamides is 1. The van der Waals surface area contributed by atoms with Crippen molar-refractivity contribution in [2.75, 3.05) is 6.61 Å². The molecule has 7 heteroatoms. The minimum atomic E-state index is -3.67. The molecule has 0 aliphatic rings. The van der Waals surface area contributed by atoms with Crippen LogP contribution in [0.15, 0.2) is 26.0 Å². The third kappa shape index (κ3) is 5.03. The van der Waals surface area contributed by atoms with Crippen molar-refractivity contribution in [3.8, 4) is 0 Å². The van der Waals surface area contributed by atoms with Crippen molar-refractivity contribution in [3.05, 3.63) is 26.6 Å². The van der Waals surface area contributed by atoms with Gasteiger partial charge < -0.3 is 5.11 Å². The van der Waals surface area contributed by atoms with Gasteiger partial charge in [0.1, 0.15) is 0 Å². The second-order valence-corrected chi connectivity index (χ2v) is 9.48. The van der Waals surface area contributed by atoms with E-state index in [0.29, 0.717) is 10.9 Å². The summed E-state index contributed by atoms with van der Waals surface area (Å²) < 4.78 is 29.2. The van der Waals surface area contributed by atoms with Crippen molar-refractivity contribution >= 4 is 41.9 Å². The molecule has 0 amide bonds. The van der Waals surface area contributed by atoms with E-state index in [2.05, 4.69) is 36.6 Å². The molecule has 1 rings (SSSR count). The summed E-state index contributed by atoms with van der Waals surface area (Å²) in [6.45, 7) is 7.65. The minimum Gasteiger partial charge on any atom is -0.396 e. The molecule has 1 unspecified atom stereocenters. The highest BCUT2D eigenvalue weighted by Gasteiger charge is 2.30. The smallest absolute Gasteiger partial charge is 0.242 e. The number of aryl methyl sites for hydroxylation is 1. The van der Waals surface area contributed by atoms with Gasteiger partial charge in [-0.05, 0) is 52.4 Å². The third-order valence-corrected chi connectivity index (χ3v) is 6.55. The minimum absolute atomic E-state index is 0.0663. The first-order chi connectivity index (χ1) is 9.49. The summed E-state index contributed by atoms with van der Waals surface area (Å²) in [4.78, 5) is 0.187. The topological polar surface area (TPSA) is 66.4 Å². The van der Waals surface area contributed by atoms with Crippen LogP contribution in [0, 0.1) is 12.3 Å². The Labute approximate surface area is 143 Å². The number of rotatable bonds is 5. The molecule has 0 saturated heterocycles. The van der Waals surface area contributed by atoms with Crippen LogP contribution in [0.4, 0.5) is 0 Å². The van der Waals surface area contributed by atoms with E-state index in [0.717, 1.165) is 10.0 Å². The largest absolute Gasteiger partial charge is 0.396 e. The van der Waals surface area contributed by atoms with Gasteiger partial charge in [0.05, 0.1) is 4.90 Å². The fourth-order valence-corrected chi connectivity index (χ4v) is 5.04. The molecule has 0 spiro atoms. The Morgan fingerprint density at radius 3 is 2.29 bits per heavy atom. The average molecular weight is 443 g/mol. The third-order valence-electron chi connectivity index (χ3n) is 3.26. The maximum Gasteiger partial charge on any atom is 0.242 e. The molecule has 0 aliphatic carbocycles. The molecule has 0 aromatic heterocycles. The first-order valence-corrected chi connectivity index (χ1v) is 9.65. The molecule has 4 nitrogen and oxygen atoms in total. The maximum atomic E-state index is 12.6. The van der Waals surface area contributed by atoms with Gasteiger partial charge in [-0.25, -0.2) is 13.1 Å². The quantitative estimate of drug-likeness (QED) is 0.731. The zero-order valence-electron chi connectivity index (χ0n) is 12.6. The Bertz CT molecular complexity index is 609. The van der Waals surface area contributed by atoms with Crippen LogP contribution >= 0.6 is 31.9 Å². The predicted molar refractivity (Wildman–Crippen MR) is 91.8 cm³/mol. The zero-order valence-corrected chi connectivity index (χ0v) is 16.6. The molecular weight excluding hydrogens is 422 g/mol. The van der Waals surface area contributed by atoms with E-state index in [1.807, 2.05) is 27.7 Å². The van der Waals surface area contributed by atoms with Crippen LogP contribution in [-0.2, 0) is 10.0 Å². The number of hydrogen-bond acceptors (Lipinski definition) is 3. The Balaban J connectivity index is 3.20. The van der Waals surface area contributed by atoms with E-state index in [1.54, 1.807) is 12.1 Å². The fraction of sp³-hybridized carbons (Fsp3) is 0.571. The first-order valence-electron chi connectivity index (χ1n) is 6.58. The monoisotopic (exact) mass is 441 g/mol. The molecule has 120 valence electrons. The Kier molecular flexibility index (Phi) is 6.44. The van der Waals surface area contributed by atoms with E-state index in [-0.39, 0.29) is 23.0 Å². The molecule has 0 radical (unpaired) electrons. The molecule has 0 bridgehead atoms.